The highest BCUT2D eigenvalue weighted by Gasteiger charge is 2.25. The summed E-state index contributed by atoms with van der Waals surface area (Å²) in [5, 5.41) is 0.788. The molecule has 1 aliphatic heterocycles. The van der Waals surface area contributed by atoms with E-state index in [1.54, 1.807) is 0 Å². The summed E-state index contributed by atoms with van der Waals surface area (Å²) in [4.78, 5) is 5.12. The van der Waals surface area contributed by atoms with Gasteiger partial charge in [-0.2, -0.15) is 0 Å². The third-order valence-corrected chi connectivity index (χ3v) is 5.80. The van der Waals surface area contributed by atoms with Crippen LogP contribution in [0, 0.1) is 0 Å². The fraction of sp³-hybridized carbons (Fsp3) is 0.231. The van der Waals surface area contributed by atoms with E-state index in [0.717, 1.165) is 37.7 Å². The van der Waals surface area contributed by atoms with E-state index in [2.05, 4.69) is 94.7 Å². The molecule has 0 N–H and O–H groups in total. The Balaban J connectivity index is 0.00000171. The first-order valence-corrected chi connectivity index (χ1v) is 10.7. The maximum absolute atomic E-state index is 6.13. The van der Waals surface area contributed by atoms with Gasteiger partial charge in [0, 0.05) is 37.7 Å². The van der Waals surface area contributed by atoms with Crippen molar-refractivity contribution in [3.8, 4) is 0 Å². The summed E-state index contributed by atoms with van der Waals surface area (Å²) in [6, 6.07) is 29.9. The van der Waals surface area contributed by atoms with Gasteiger partial charge < -0.3 is 0 Å². The third-order valence-electron chi connectivity index (χ3n) is 5.55. The summed E-state index contributed by atoms with van der Waals surface area (Å²) in [6.45, 7) is 5.27. The van der Waals surface area contributed by atoms with Crippen molar-refractivity contribution < 1.29 is 0 Å². The lowest BCUT2D eigenvalue weighted by molar-refractivity contribution is 0.118. The van der Waals surface area contributed by atoms with Crippen LogP contribution < -0.4 is 0 Å². The fourth-order valence-corrected chi connectivity index (χ4v) is 4.13. The molecule has 4 rings (SSSR count). The first kappa shape index (κ1) is 25.5. The summed E-state index contributed by atoms with van der Waals surface area (Å²) < 4.78 is 0. The monoisotopic (exact) mass is 474 g/mol. The third kappa shape index (κ3) is 7.10. The van der Waals surface area contributed by atoms with Crippen LogP contribution in [-0.4, -0.2) is 42.5 Å². The Bertz CT molecular complexity index is 906. The molecule has 1 atom stereocenters. The number of rotatable bonds is 6. The number of piperazine rings is 1. The SMILES string of the molecule is Cl.Cl.Clc1ccc(C(c2ccccc2)N2CCN(CC=Cc3ccccc3)CC2)cc1. The minimum Gasteiger partial charge on any atom is -0.297 e. The second-order valence-electron chi connectivity index (χ2n) is 7.51. The first-order chi connectivity index (χ1) is 14.3. The molecule has 31 heavy (non-hydrogen) atoms. The molecule has 1 heterocycles. The molecule has 1 fully saturated rings. The molecule has 3 aromatic rings. The Labute approximate surface area is 203 Å². The fourth-order valence-electron chi connectivity index (χ4n) is 4.00. The van der Waals surface area contributed by atoms with Crippen molar-refractivity contribution in [1.29, 1.82) is 0 Å². The van der Waals surface area contributed by atoms with Crippen molar-refractivity contribution in [2.24, 2.45) is 0 Å². The zero-order chi connectivity index (χ0) is 19.9. The zero-order valence-electron chi connectivity index (χ0n) is 17.4. The van der Waals surface area contributed by atoms with Crippen molar-refractivity contribution in [2.75, 3.05) is 32.7 Å². The zero-order valence-corrected chi connectivity index (χ0v) is 19.8. The van der Waals surface area contributed by atoms with E-state index in [4.69, 9.17) is 11.6 Å². The Morgan fingerprint density at radius 3 is 1.87 bits per heavy atom. The van der Waals surface area contributed by atoms with E-state index < -0.39 is 0 Å². The van der Waals surface area contributed by atoms with Gasteiger partial charge in [-0.05, 0) is 28.8 Å². The van der Waals surface area contributed by atoms with Gasteiger partial charge >= 0.3 is 0 Å². The summed E-state index contributed by atoms with van der Waals surface area (Å²) in [7, 11) is 0. The van der Waals surface area contributed by atoms with Gasteiger partial charge in [-0.3, -0.25) is 9.80 Å². The lowest BCUT2D eigenvalue weighted by Crippen LogP contribution is -2.47. The molecule has 0 aromatic heterocycles. The van der Waals surface area contributed by atoms with Crippen molar-refractivity contribution in [3.05, 3.63) is 113 Å². The van der Waals surface area contributed by atoms with Crippen LogP contribution in [0.1, 0.15) is 22.7 Å². The molecule has 1 saturated heterocycles. The maximum atomic E-state index is 6.13. The molecule has 3 aromatic carbocycles. The maximum Gasteiger partial charge on any atom is 0.0602 e. The number of hydrogen-bond acceptors (Lipinski definition) is 2. The van der Waals surface area contributed by atoms with E-state index in [-0.39, 0.29) is 30.9 Å². The highest BCUT2D eigenvalue weighted by atomic mass is 35.5. The smallest absolute Gasteiger partial charge is 0.0602 e. The largest absolute Gasteiger partial charge is 0.297 e. The normalized spacial score (nSPS) is 15.8. The van der Waals surface area contributed by atoms with Gasteiger partial charge in [-0.1, -0.05) is 96.5 Å². The number of hydrogen-bond donors (Lipinski definition) is 0. The second kappa shape index (κ2) is 12.9. The Hall–Kier alpha value is -1.81. The van der Waals surface area contributed by atoms with Crippen molar-refractivity contribution in [2.45, 2.75) is 6.04 Å². The quantitative estimate of drug-likeness (QED) is 0.396. The van der Waals surface area contributed by atoms with E-state index in [9.17, 15) is 0 Å². The number of halogens is 3. The van der Waals surface area contributed by atoms with Crippen LogP contribution in [0.2, 0.25) is 5.02 Å². The molecule has 2 nitrogen and oxygen atoms in total. The van der Waals surface area contributed by atoms with Gasteiger partial charge in [-0.15, -0.1) is 24.8 Å². The summed E-state index contributed by atoms with van der Waals surface area (Å²) >= 11 is 6.13. The highest BCUT2D eigenvalue weighted by Crippen LogP contribution is 2.30. The molecule has 1 aliphatic rings. The summed E-state index contributed by atoms with van der Waals surface area (Å²) in [6.07, 6.45) is 4.49. The van der Waals surface area contributed by atoms with E-state index in [1.165, 1.54) is 16.7 Å². The minimum atomic E-state index is 0. The predicted octanol–water partition coefficient (Wildman–Crippen LogP) is 6.60. The van der Waals surface area contributed by atoms with Gasteiger partial charge in [-0.25, -0.2) is 0 Å². The van der Waals surface area contributed by atoms with Crippen LogP contribution in [0.4, 0.5) is 0 Å². The van der Waals surface area contributed by atoms with Crippen LogP contribution in [0.3, 0.4) is 0 Å². The molecule has 0 amide bonds. The van der Waals surface area contributed by atoms with E-state index in [0.29, 0.717) is 0 Å². The van der Waals surface area contributed by atoms with Gasteiger partial charge in [0.25, 0.3) is 0 Å². The van der Waals surface area contributed by atoms with Gasteiger partial charge in [0.15, 0.2) is 0 Å². The highest BCUT2D eigenvalue weighted by molar-refractivity contribution is 6.30. The molecule has 5 heteroatoms. The van der Waals surface area contributed by atoms with Crippen molar-refractivity contribution >= 4 is 42.5 Å². The lowest BCUT2D eigenvalue weighted by atomic mass is 9.96. The van der Waals surface area contributed by atoms with Gasteiger partial charge in [0.2, 0.25) is 0 Å². The Morgan fingerprint density at radius 1 is 0.710 bits per heavy atom. The summed E-state index contributed by atoms with van der Waals surface area (Å²) in [5.74, 6) is 0. The van der Waals surface area contributed by atoms with Crippen LogP contribution >= 0.6 is 36.4 Å². The molecular weight excluding hydrogens is 447 g/mol. The molecule has 0 spiro atoms. The lowest BCUT2D eigenvalue weighted by Gasteiger charge is -2.39. The Kier molecular flexibility index (Phi) is 10.6. The van der Waals surface area contributed by atoms with Crippen LogP contribution in [0.5, 0.6) is 0 Å². The van der Waals surface area contributed by atoms with Crippen LogP contribution in [0.25, 0.3) is 6.08 Å². The van der Waals surface area contributed by atoms with Crippen LogP contribution in [-0.2, 0) is 0 Å². The average molecular weight is 476 g/mol. The molecule has 0 radical (unpaired) electrons. The molecule has 0 bridgehead atoms. The van der Waals surface area contributed by atoms with Crippen molar-refractivity contribution in [3.63, 3.8) is 0 Å². The predicted molar refractivity (Wildman–Crippen MR) is 138 cm³/mol. The van der Waals surface area contributed by atoms with Crippen LogP contribution in [0.15, 0.2) is 91.0 Å². The summed E-state index contributed by atoms with van der Waals surface area (Å²) in [5.41, 5.74) is 3.91. The average Bonchev–Trinajstić information content (AvgIpc) is 2.78. The molecule has 164 valence electrons. The second-order valence-corrected chi connectivity index (χ2v) is 7.95. The van der Waals surface area contributed by atoms with Gasteiger partial charge in [0.05, 0.1) is 6.04 Å². The molecule has 1 unspecified atom stereocenters. The molecule has 0 aliphatic carbocycles. The van der Waals surface area contributed by atoms with E-state index in [1.807, 2.05) is 12.1 Å². The van der Waals surface area contributed by atoms with Crippen molar-refractivity contribution in [1.82, 2.24) is 9.80 Å². The van der Waals surface area contributed by atoms with E-state index >= 15 is 0 Å². The Morgan fingerprint density at radius 2 is 1.26 bits per heavy atom. The number of benzene rings is 3. The minimum absolute atomic E-state index is 0. The number of nitrogens with zero attached hydrogens (tertiary/aromatic N) is 2. The topological polar surface area (TPSA) is 6.48 Å². The standard InChI is InChI=1S/C26H27ClN2.2ClH/c27-25-15-13-24(14-16-25)26(23-11-5-2-6-12-23)29-20-18-28(19-21-29)17-7-10-22-8-3-1-4-9-22;;/h1-16,26H,17-21H2;2*1H. The van der Waals surface area contributed by atoms with Gasteiger partial charge in [0.1, 0.15) is 0 Å². The molecule has 0 saturated carbocycles. The first-order valence-electron chi connectivity index (χ1n) is 10.3. The molecular formula is C26H29Cl3N2.